The van der Waals surface area contributed by atoms with Gasteiger partial charge in [-0.2, -0.15) is 0 Å². The molecule has 0 spiro atoms. The summed E-state index contributed by atoms with van der Waals surface area (Å²) in [5.74, 6) is -0.578. The lowest BCUT2D eigenvalue weighted by atomic mass is 10.1. The molecule has 1 heterocycles. The van der Waals surface area contributed by atoms with Crippen LogP contribution < -0.4 is 14.2 Å². The number of ether oxygens (including phenoxy) is 3. The standard InChI is InChI=1S/C10H9FO4/c1-5(12)8-9(13-2)6(11)3-7-10(8)15-4-14-7/h3H,4H2,1-2H3. The third kappa shape index (κ3) is 1.40. The van der Waals surface area contributed by atoms with Gasteiger partial charge in [-0.05, 0) is 6.92 Å². The molecule has 0 amide bonds. The van der Waals surface area contributed by atoms with Crippen LogP contribution in [0.3, 0.4) is 0 Å². The van der Waals surface area contributed by atoms with Crippen LogP contribution in [0.5, 0.6) is 17.2 Å². The van der Waals surface area contributed by atoms with Gasteiger partial charge in [0.15, 0.2) is 28.8 Å². The van der Waals surface area contributed by atoms with Crippen molar-refractivity contribution in [3.8, 4) is 17.2 Å². The van der Waals surface area contributed by atoms with Gasteiger partial charge in [0.2, 0.25) is 6.79 Å². The highest BCUT2D eigenvalue weighted by Gasteiger charge is 2.27. The maximum Gasteiger partial charge on any atom is 0.231 e. The number of rotatable bonds is 2. The Morgan fingerprint density at radius 3 is 2.87 bits per heavy atom. The molecule has 0 atom stereocenters. The number of fused-ring (bicyclic) bond motifs is 1. The fourth-order valence-electron chi connectivity index (χ4n) is 1.51. The molecule has 15 heavy (non-hydrogen) atoms. The average Bonchev–Trinajstić information content (AvgIpc) is 2.62. The summed E-state index contributed by atoms with van der Waals surface area (Å²) in [6.07, 6.45) is 0. The predicted octanol–water partition coefficient (Wildman–Crippen LogP) is 1.77. The second-order valence-electron chi connectivity index (χ2n) is 3.06. The number of benzene rings is 1. The second kappa shape index (κ2) is 3.42. The molecule has 0 saturated carbocycles. The predicted molar refractivity (Wildman–Crippen MR) is 49.1 cm³/mol. The zero-order valence-electron chi connectivity index (χ0n) is 8.30. The molecule has 0 saturated heterocycles. The van der Waals surface area contributed by atoms with E-state index in [9.17, 15) is 9.18 Å². The molecule has 80 valence electrons. The summed E-state index contributed by atoms with van der Waals surface area (Å²) in [7, 11) is 1.30. The zero-order valence-corrected chi connectivity index (χ0v) is 8.30. The number of halogens is 1. The van der Waals surface area contributed by atoms with Gasteiger partial charge in [0, 0.05) is 6.07 Å². The molecular weight excluding hydrogens is 203 g/mol. The van der Waals surface area contributed by atoms with Gasteiger partial charge in [-0.3, -0.25) is 4.79 Å². The van der Waals surface area contributed by atoms with E-state index < -0.39 is 5.82 Å². The van der Waals surface area contributed by atoms with Crippen LogP contribution in [0.1, 0.15) is 17.3 Å². The summed E-state index contributed by atoms with van der Waals surface area (Å²) in [5.41, 5.74) is 0.0880. The molecule has 1 aliphatic rings. The molecule has 0 aliphatic carbocycles. The lowest BCUT2D eigenvalue weighted by Gasteiger charge is -2.09. The lowest BCUT2D eigenvalue weighted by Crippen LogP contribution is -2.02. The lowest BCUT2D eigenvalue weighted by molar-refractivity contribution is 0.100. The van der Waals surface area contributed by atoms with Crippen molar-refractivity contribution in [1.29, 1.82) is 0 Å². The maximum absolute atomic E-state index is 13.5. The minimum Gasteiger partial charge on any atom is -0.493 e. The average molecular weight is 212 g/mol. The van der Waals surface area contributed by atoms with E-state index in [-0.39, 0.29) is 35.4 Å². The topological polar surface area (TPSA) is 44.8 Å². The Bertz CT molecular complexity index is 424. The molecule has 0 bridgehead atoms. The van der Waals surface area contributed by atoms with E-state index in [1.807, 2.05) is 0 Å². The Hall–Kier alpha value is -1.78. The molecule has 0 radical (unpaired) electrons. The smallest absolute Gasteiger partial charge is 0.231 e. The van der Waals surface area contributed by atoms with E-state index in [1.54, 1.807) is 0 Å². The quantitative estimate of drug-likeness (QED) is 0.701. The highest BCUT2D eigenvalue weighted by atomic mass is 19.1. The third-order valence-corrected chi connectivity index (χ3v) is 2.13. The van der Waals surface area contributed by atoms with Gasteiger partial charge < -0.3 is 14.2 Å². The van der Waals surface area contributed by atoms with E-state index in [0.717, 1.165) is 6.07 Å². The van der Waals surface area contributed by atoms with Crippen molar-refractivity contribution < 1.29 is 23.4 Å². The molecule has 2 rings (SSSR count). The largest absolute Gasteiger partial charge is 0.493 e. The molecule has 0 N–H and O–H groups in total. The monoisotopic (exact) mass is 212 g/mol. The minimum absolute atomic E-state index is 0.0117. The van der Waals surface area contributed by atoms with Gasteiger partial charge in [-0.1, -0.05) is 0 Å². The molecule has 0 aromatic heterocycles. The summed E-state index contributed by atoms with van der Waals surface area (Å²) >= 11 is 0. The molecule has 0 unspecified atom stereocenters. The molecule has 0 fully saturated rings. The van der Waals surface area contributed by atoms with E-state index in [1.165, 1.54) is 14.0 Å². The van der Waals surface area contributed by atoms with Gasteiger partial charge in [-0.15, -0.1) is 0 Å². The molecule has 1 aromatic carbocycles. The van der Waals surface area contributed by atoms with Crippen LogP contribution >= 0.6 is 0 Å². The number of Topliss-reactive ketones (excluding diaryl/α,β-unsaturated/α-hetero) is 1. The van der Waals surface area contributed by atoms with Crippen molar-refractivity contribution in [2.24, 2.45) is 0 Å². The zero-order chi connectivity index (χ0) is 11.0. The fraction of sp³-hybridized carbons (Fsp3) is 0.300. The molecular formula is C10H9FO4. The Labute approximate surface area is 85.6 Å². The van der Waals surface area contributed by atoms with Gasteiger partial charge in [0.1, 0.15) is 5.56 Å². The summed E-state index contributed by atoms with van der Waals surface area (Å²) < 4.78 is 28.4. The van der Waals surface area contributed by atoms with E-state index in [2.05, 4.69) is 0 Å². The number of hydrogen-bond acceptors (Lipinski definition) is 4. The second-order valence-corrected chi connectivity index (χ2v) is 3.06. The number of hydrogen-bond donors (Lipinski definition) is 0. The van der Waals surface area contributed by atoms with Crippen LogP contribution in [0.2, 0.25) is 0 Å². The first-order valence-corrected chi connectivity index (χ1v) is 4.32. The Kier molecular flexibility index (Phi) is 2.22. The van der Waals surface area contributed by atoms with E-state index in [0.29, 0.717) is 0 Å². The normalized spacial score (nSPS) is 12.7. The fourth-order valence-corrected chi connectivity index (χ4v) is 1.51. The van der Waals surface area contributed by atoms with Crippen molar-refractivity contribution in [2.45, 2.75) is 6.92 Å². The Morgan fingerprint density at radius 1 is 1.53 bits per heavy atom. The minimum atomic E-state index is -0.632. The van der Waals surface area contributed by atoms with Crippen LogP contribution in [-0.4, -0.2) is 19.7 Å². The SMILES string of the molecule is COc1c(F)cc2c(c1C(C)=O)OCO2. The highest BCUT2D eigenvalue weighted by molar-refractivity contribution is 6.00. The van der Waals surface area contributed by atoms with Crippen molar-refractivity contribution in [3.63, 3.8) is 0 Å². The van der Waals surface area contributed by atoms with Gasteiger partial charge in [0.05, 0.1) is 7.11 Å². The number of carbonyl (C=O) groups excluding carboxylic acids is 1. The Balaban J connectivity index is 2.71. The van der Waals surface area contributed by atoms with Gasteiger partial charge in [0.25, 0.3) is 0 Å². The summed E-state index contributed by atoms with van der Waals surface area (Å²) in [6, 6.07) is 1.15. The first-order valence-electron chi connectivity index (χ1n) is 4.32. The Morgan fingerprint density at radius 2 is 2.27 bits per heavy atom. The van der Waals surface area contributed by atoms with E-state index in [4.69, 9.17) is 14.2 Å². The highest BCUT2D eigenvalue weighted by Crippen LogP contribution is 2.42. The van der Waals surface area contributed by atoms with Crippen molar-refractivity contribution in [3.05, 3.63) is 17.4 Å². The van der Waals surface area contributed by atoms with Crippen molar-refractivity contribution >= 4 is 5.78 Å². The summed E-state index contributed by atoms with van der Waals surface area (Å²) in [6.45, 7) is 1.31. The van der Waals surface area contributed by atoms with Crippen LogP contribution in [0.25, 0.3) is 0 Å². The van der Waals surface area contributed by atoms with Crippen LogP contribution in [0.4, 0.5) is 4.39 Å². The summed E-state index contributed by atoms with van der Waals surface area (Å²) in [5, 5.41) is 0. The number of carbonyl (C=O) groups is 1. The first kappa shape index (κ1) is 9.76. The number of methoxy groups -OCH3 is 1. The van der Waals surface area contributed by atoms with Crippen molar-refractivity contribution in [2.75, 3.05) is 13.9 Å². The van der Waals surface area contributed by atoms with Crippen molar-refractivity contribution in [1.82, 2.24) is 0 Å². The molecule has 5 heteroatoms. The maximum atomic E-state index is 13.5. The molecule has 1 aliphatic heterocycles. The van der Waals surface area contributed by atoms with Gasteiger partial charge in [-0.25, -0.2) is 4.39 Å². The molecule has 4 nitrogen and oxygen atoms in total. The first-order chi connectivity index (χ1) is 7.15. The van der Waals surface area contributed by atoms with Gasteiger partial charge >= 0.3 is 0 Å². The molecule has 1 aromatic rings. The van der Waals surface area contributed by atoms with Crippen LogP contribution in [0, 0.1) is 5.82 Å². The van der Waals surface area contributed by atoms with Crippen LogP contribution in [0.15, 0.2) is 6.07 Å². The number of ketones is 1. The van der Waals surface area contributed by atoms with Crippen LogP contribution in [-0.2, 0) is 0 Å². The van der Waals surface area contributed by atoms with E-state index >= 15 is 0 Å². The third-order valence-electron chi connectivity index (χ3n) is 2.13. The summed E-state index contributed by atoms with van der Waals surface area (Å²) in [4.78, 5) is 11.4.